The normalized spacial score (nSPS) is 11.8. The molecule has 0 aliphatic carbocycles. The van der Waals surface area contributed by atoms with Crippen molar-refractivity contribution >= 4 is 53.1 Å². The van der Waals surface area contributed by atoms with Gasteiger partial charge >= 0.3 is 0 Å². The van der Waals surface area contributed by atoms with Crippen LogP contribution in [0.3, 0.4) is 0 Å². The molecule has 0 aliphatic heterocycles. The first-order valence-electron chi connectivity index (χ1n) is 7.13. The van der Waals surface area contributed by atoms with Crippen molar-refractivity contribution in [3.8, 4) is 0 Å². The molecule has 0 saturated heterocycles. The molecule has 0 atom stereocenters. The van der Waals surface area contributed by atoms with Gasteiger partial charge in [0.15, 0.2) is 0 Å². The molecule has 1 aromatic heterocycles. The third kappa shape index (κ3) is 1.50. The lowest BCUT2D eigenvalue weighted by Crippen LogP contribution is -1.76. The van der Waals surface area contributed by atoms with Gasteiger partial charge in [-0.05, 0) is 33.7 Å². The van der Waals surface area contributed by atoms with Gasteiger partial charge in [0.2, 0.25) is 0 Å². The summed E-state index contributed by atoms with van der Waals surface area (Å²) in [6.45, 7) is 0. The monoisotopic (exact) mass is 284 g/mol. The summed E-state index contributed by atoms with van der Waals surface area (Å²) in [6.07, 6.45) is 0. The van der Waals surface area contributed by atoms with Gasteiger partial charge in [-0.2, -0.15) is 0 Å². The Morgan fingerprint density at radius 3 is 1.48 bits per heavy atom. The number of thiophene rings is 1. The molecule has 98 valence electrons. The van der Waals surface area contributed by atoms with E-state index < -0.39 is 0 Å². The Hall–Kier alpha value is -2.38. The van der Waals surface area contributed by atoms with Gasteiger partial charge in [-0.1, -0.05) is 60.7 Å². The predicted molar refractivity (Wildman–Crippen MR) is 94.3 cm³/mol. The summed E-state index contributed by atoms with van der Waals surface area (Å²) in [6, 6.07) is 26.4. The van der Waals surface area contributed by atoms with E-state index in [4.69, 9.17) is 0 Å². The average molecular weight is 284 g/mol. The highest BCUT2D eigenvalue weighted by Gasteiger charge is 2.11. The van der Waals surface area contributed by atoms with Crippen LogP contribution in [0.1, 0.15) is 0 Å². The highest BCUT2D eigenvalue weighted by Crippen LogP contribution is 2.41. The molecule has 0 fully saturated rings. The quantitative estimate of drug-likeness (QED) is 0.310. The van der Waals surface area contributed by atoms with Gasteiger partial charge in [0.05, 0.1) is 0 Å². The summed E-state index contributed by atoms with van der Waals surface area (Å²) in [5.41, 5.74) is 0. The van der Waals surface area contributed by atoms with Gasteiger partial charge in [-0.25, -0.2) is 0 Å². The van der Waals surface area contributed by atoms with Crippen LogP contribution in [0.25, 0.3) is 41.7 Å². The minimum absolute atomic E-state index is 1.32. The maximum absolute atomic E-state index is 2.26. The molecule has 0 radical (unpaired) electrons. The van der Waals surface area contributed by atoms with E-state index in [2.05, 4.69) is 72.8 Å². The van der Waals surface area contributed by atoms with Crippen LogP contribution in [0.4, 0.5) is 0 Å². The molecule has 1 heteroatoms. The number of hydrogen-bond donors (Lipinski definition) is 0. The first-order valence-corrected chi connectivity index (χ1v) is 7.95. The van der Waals surface area contributed by atoms with Crippen LogP contribution in [0.5, 0.6) is 0 Å². The van der Waals surface area contributed by atoms with Crippen LogP contribution < -0.4 is 0 Å². The van der Waals surface area contributed by atoms with E-state index in [-0.39, 0.29) is 0 Å². The lowest BCUT2D eigenvalue weighted by atomic mass is 10.00. The molecule has 0 nitrogen and oxygen atoms in total. The molecule has 0 saturated carbocycles. The van der Waals surface area contributed by atoms with Crippen LogP contribution in [0.15, 0.2) is 72.8 Å². The molecule has 0 unspecified atom stereocenters. The van der Waals surface area contributed by atoms with Gasteiger partial charge in [0.25, 0.3) is 0 Å². The van der Waals surface area contributed by atoms with Crippen molar-refractivity contribution < 1.29 is 0 Å². The van der Waals surface area contributed by atoms with E-state index in [9.17, 15) is 0 Å². The fraction of sp³-hybridized carbons (Fsp3) is 0. The molecule has 0 amide bonds. The molecule has 0 bridgehead atoms. The minimum atomic E-state index is 1.32. The fourth-order valence-corrected chi connectivity index (χ4v) is 4.44. The van der Waals surface area contributed by atoms with Crippen LogP contribution in [-0.2, 0) is 0 Å². The largest absolute Gasteiger partial charge is 0.135 e. The Bertz CT molecular complexity index is 1040. The fourth-order valence-electron chi connectivity index (χ4n) is 3.31. The maximum atomic E-state index is 2.26. The average Bonchev–Trinajstić information content (AvgIpc) is 2.94. The highest BCUT2D eigenvalue weighted by molar-refractivity contribution is 7.26. The van der Waals surface area contributed by atoms with E-state index >= 15 is 0 Å². The van der Waals surface area contributed by atoms with Crippen molar-refractivity contribution in [1.82, 2.24) is 0 Å². The van der Waals surface area contributed by atoms with Crippen LogP contribution in [0.2, 0.25) is 0 Å². The summed E-state index contributed by atoms with van der Waals surface area (Å²) in [7, 11) is 0. The number of benzene rings is 4. The first-order chi connectivity index (χ1) is 10.4. The molecule has 0 aliphatic rings. The second-order valence-corrected chi connectivity index (χ2v) is 6.51. The van der Waals surface area contributed by atoms with Crippen molar-refractivity contribution in [2.75, 3.05) is 0 Å². The lowest BCUT2D eigenvalue weighted by molar-refractivity contribution is 1.81. The Kier molecular flexibility index (Phi) is 2.18. The van der Waals surface area contributed by atoms with Gasteiger partial charge in [0.1, 0.15) is 0 Å². The van der Waals surface area contributed by atoms with Crippen molar-refractivity contribution in [2.24, 2.45) is 0 Å². The van der Waals surface area contributed by atoms with Gasteiger partial charge in [0, 0.05) is 20.2 Å². The topological polar surface area (TPSA) is 0 Å². The second-order valence-electron chi connectivity index (χ2n) is 5.42. The third-order valence-electron chi connectivity index (χ3n) is 4.25. The smallest absolute Gasteiger partial charge is 0.0362 e. The zero-order chi connectivity index (χ0) is 13.8. The van der Waals surface area contributed by atoms with Crippen molar-refractivity contribution in [3.05, 3.63) is 72.8 Å². The van der Waals surface area contributed by atoms with E-state index in [0.717, 1.165) is 0 Å². The summed E-state index contributed by atoms with van der Waals surface area (Å²) in [5.74, 6) is 0. The summed E-state index contributed by atoms with van der Waals surface area (Å²) in [4.78, 5) is 0. The third-order valence-corrected chi connectivity index (χ3v) is 5.37. The zero-order valence-electron chi connectivity index (χ0n) is 11.3. The first kappa shape index (κ1) is 11.3. The number of fused-ring (bicyclic) bond motifs is 7. The van der Waals surface area contributed by atoms with E-state index in [1.54, 1.807) is 0 Å². The molecule has 5 rings (SSSR count). The summed E-state index contributed by atoms with van der Waals surface area (Å²) >= 11 is 1.89. The van der Waals surface area contributed by atoms with Gasteiger partial charge < -0.3 is 0 Å². The molecule has 5 aromatic rings. The predicted octanol–water partition coefficient (Wildman–Crippen LogP) is 6.36. The molecule has 0 spiro atoms. The highest BCUT2D eigenvalue weighted by atomic mass is 32.1. The molecular formula is C20H12S. The zero-order valence-corrected chi connectivity index (χ0v) is 12.2. The molecule has 1 heterocycles. The van der Waals surface area contributed by atoms with Crippen molar-refractivity contribution in [2.45, 2.75) is 0 Å². The van der Waals surface area contributed by atoms with Crippen molar-refractivity contribution in [3.63, 3.8) is 0 Å². The van der Waals surface area contributed by atoms with E-state index in [1.807, 2.05) is 11.3 Å². The lowest BCUT2D eigenvalue weighted by Gasteiger charge is -2.03. The molecule has 4 aromatic carbocycles. The number of rotatable bonds is 0. The maximum Gasteiger partial charge on any atom is 0.0362 e. The van der Waals surface area contributed by atoms with E-state index in [0.29, 0.717) is 0 Å². The molecule has 0 N–H and O–H groups in total. The second kappa shape index (κ2) is 4.06. The Balaban J connectivity index is 2.18. The molecule has 21 heavy (non-hydrogen) atoms. The summed E-state index contributed by atoms with van der Waals surface area (Å²) in [5, 5.41) is 8.17. The SMILES string of the molecule is c1ccc2c(c1)ccc1sc3ccc4ccccc4c3c12. The van der Waals surface area contributed by atoms with Gasteiger partial charge in [-0.3, -0.25) is 0 Å². The molecular weight excluding hydrogens is 272 g/mol. The van der Waals surface area contributed by atoms with Crippen LogP contribution in [0, 0.1) is 0 Å². The van der Waals surface area contributed by atoms with Crippen molar-refractivity contribution in [1.29, 1.82) is 0 Å². The van der Waals surface area contributed by atoms with E-state index in [1.165, 1.54) is 41.7 Å². The number of hydrogen-bond acceptors (Lipinski definition) is 1. The Labute approximate surface area is 126 Å². The Morgan fingerprint density at radius 2 is 0.952 bits per heavy atom. The van der Waals surface area contributed by atoms with Gasteiger partial charge in [-0.15, -0.1) is 11.3 Å². The standard InChI is InChI=1S/C20H12S/c1-3-7-15-13(5-1)9-11-17-19(15)20-16-8-4-2-6-14(16)10-12-18(20)21-17/h1-12H. The van der Waals surface area contributed by atoms with Crippen LogP contribution in [-0.4, -0.2) is 0 Å². The minimum Gasteiger partial charge on any atom is -0.135 e. The summed E-state index contributed by atoms with van der Waals surface area (Å²) < 4.78 is 2.75. The van der Waals surface area contributed by atoms with Crippen LogP contribution >= 0.6 is 11.3 Å². The Morgan fingerprint density at radius 1 is 0.476 bits per heavy atom.